The van der Waals surface area contributed by atoms with Crippen molar-refractivity contribution in [2.24, 2.45) is 0 Å². The maximum absolute atomic E-state index is 12.9. The number of nitrogens with zero attached hydrogens (tertiary/aromatic N) is 1. The van der Waals surface area contributed by atoms with Crippen molar-refractivity contribution < 1.29 is 9.13 Å². The van der Waals surface area contributed by atoms with Gasteiger partial charge < -0.3 is 9.30 Å². The summed E-state index contributed by atoms with van der Waals surface area (Å²) in [7, 11) is 0. The van der Waals surface area contributed by atoms with Gasteiger partial charge in [-0.1, -0.05) is 23.7 Å². The van der Waals surface area contributed by atoms with E-state index in [1.807, 2.05) is 12.1 Å². The normalized spacial score (nSPS) is 10.5. The Morgan fingerprint density at radius 3 is 2.26 bits per heavy atom. The van der Waals surface area contributed by atoms with E-state index in [1.54, 1.807) is 29.0 Å². The summed E-state index contributed by atoms with van der Waals surface area (Å²) in [5.41, 5.74) is 0.821. The van der Waals surface area contributed by atoms with Gasteiger partial charge >= 0.3 is 0 Å². The topological polar surface area (TPSA) is 31.2 Å². The minimum absolute atomic E-state index is 0.133. The standard InChI is InChI=1S/C18H13ClFNO2/c19-14-3-1-13(2-4-14)11-21-12-17(9-10-18(21)22)23-16-7-5-15(20)6-8-16/h1-10,12H,11H2. The summed E-state index contributed by atoms with van der Waals surface area (Å²) in [5, 5.41) is 0.648. The third-order valence-electron chi connectivity index (χ3n) is 3.27. The van der Waals surface area contributed by atoms with Crippen LogP contribution in [-0.2, 0) is 6.54 Å². The van der Waals surface area contributed by atoms with Gasteiger partial charge in [0.15, 0.2) is 0 Å². The second kappa shape index (κ2) is 6.67. The van der Waals surface area contributed by atoms with Gasteiger partial charge in [0, 0.05) is 11.1 Å². The fourth-order valence-electron chi connectivity index (χ4n) is 2.12. The van der Waals surface area contributed by atoms with Crippen molar-refractivity contribution in [2.75, 3.05) is 0 Å². The van der Waals surface area contributed by atoms with E-state index in [4.69, 9.17) is 16.3 Å². The van der Waals surface area contributed by atoms with Gasteiger partial charge in [-0.2, -0.15) is 0 Å². The molecule has 3 aromatic rings. The SMILES string of the molecule is O=c1ccc(Oc2ccc(F)cc2)cn1Cc1ccc(Cl)cc1. The molecule has 0 aliphatic carbocycles. The van der Waals surface area contributed by atoms with Crippen LogP contribution in [0.1, 0.15) is 5.56 Å². The van der Waals surface area contributed by atoms with E-state index in [-0.39, 0.29) is 11.4 Å². The molecule has 5 heteroatoms. The van der Waals surface area contributed by atoms with Crippen molar-refractivity contribution in [3.63, 3.8) is 0 Å². The fraction of sp³-hybridized carbons (Fsp3) is 0.0556. The first-order chi connectivity index (χ1) is 11.1. The molecular weight excluding hydrogens is 317 g/mol. The largest absolute Gasteiger partial charge is 0.456 e. The summed E-state index contributed by atoms with van der Waals surface area (Å²) in [4.78, 5) is 12.0. The van der Waals surface area contributed by atoms with Gasteiger partial charge in [-0.05, 0) is 48.0 Å². The molecule has 0 aliphatic rings. The van der Waals surface area contributed by atoms with Gasteiger partial charge in [0.2, 0.25) is 0 Å². The quantitative estimate of drug-likeness (QED) is 0.706. The summed E-state index contributed by atoms with van der Waals surface area (Å²) < 4.78 is 20.1. The van der Waals surface area contributed by atoms with Gasteiger partial charge in [-0.15, -0.1) is 0 Å². The highest BCUT2D eigenvalue weighted by Gasteiger charge is 2.03. The lowest BCUT2D eigenvalue weighted by atomic mass is 10.2. The summed E-state index contributed by atoms with van der Waals surface area (Å²) >= 11 is 5.86. The lowest BCUT2D eigenvalue weighted by molar-refractivity contribution is 0.472. The predicted molar refractivity (Wildman–Crippen MR) is 87.7 cm³/mol. The number of ether oxygens (including phenoxy) is 1. The molecule has 0 fully saturated rings. The monoisotopic (exact) mass is 329 g/mol. The van der Waals surface area contributed by atoms with Crippen LogP contribution in [0.3, 0.4) is 0 Å². The van der Waals surface area contributed by atoms with E-state index in [2.05, 4.69) is 0 Å². The second-order valence-electron chi connectivity index (χ2n) is 5.01. The molecule has 23 heavy (non-hydrogen) atoms. The summed E-state index contributed by atoms with van der Waals surface area (Å²) in [6.07, 6.45) is 1.63. The Hall–Kier alpha value is -2.59. The van der Waals surface area contributed by atoms with E-state index in [0.29, 0.717) is 23.1 Å². The van der Waals surface area contributed by atoms with Gasteiger partial charge in [0.25, 0.3) is 5.56 Å². The molecule has 0 aliphatic heterocycles. The molecule has 0 saturated heterocycles. The fourth-order valence-corrected chi connectivity index (χ4v) is 2.24. The molecule has 2 aromatic carbocycles. The lowest BCUT2D eigenvalue weighted by Crippen LogP contribution is -2.18. The number of benzene rings is 2. The number of halogens is 2. The number of hydrogen-bond acceptors (Lipinski definition) is 2. The Balaban J connectivity index is 1.82. The Bertz CT molecular complexity index is 857. The van der Waals surface area contributed by atoms with Crippen LogP contribution >= 0.6 is 11.6 Å². The molecule has 3 nitrogen and oxygen atoms in total. The van der Waals surface area contributed by atoms with Crippen LogP contribution in [0.4, 0.5) is 4.39 Å². The molecule has 1 aromatic heterocycles. The minimum atomic E-state index is -0.329. The number of aromatic nitrogens is 1. The molecule has 0 saturated carbocycles. The zero-order valence-corrected chi connectivity index (χ0v) is 12.8. The van der Waals surface area contributed by atoms with Crippen molar-refractivity contribution in [3.05, 3.63) is 93.6 Å². The molecule has 0 radical (unpaired) electrons. The Labute approximate surface area is 137 Å². The average Bonchev–Trinajstić information content (AvgIpc) is 2.55. The molecule has 0 amide bonds. The first kappa shape index (κ1) is 15.3. The van der Waals surface area contributed by atoms with E-state index in [0.717, 1.165) is 5.56 Å². The van der Waals surface area contributed by atoms with Crippen LogP contribution in [0.2, 0.25) is 5.02 Å². The van der Waals surface area contributed by atoms with Crippen LogP contribution in [0.25, 0.3) is 0 Å². The summed E-state index contributed by atoms with van der Waals surface area (Å²) in [6, 6.07) is 16.0. The average molecular weight is 330 g/mol. The molecule has 0 N–H and O–H groups in total. The minimum Gasteiger partial charge on any atom is -0.456 e. The van der Waals surface area contributed by atoms with Crippen molar-refractivity contribution in [1.29, 1.82) is 0 Å². The molecule has 0 unspecified atom stereocenters. The van der Waals surface area contributed by atoms with Gasteiger partial charge in [0.05, 0.1) is 12.7 Å². The summed E-state index contributed by atoms with van der Waals surface area (Å²) in [5.74, 6) is 0.679. The molecule has 1 heterocycles. The van der Waals surface area contributed by atoms with Crippen LogP contribution in [0, 0.1) is 5.82 Å². The maximum Gasteiger partial charge on any atom is 0.251 e. The molecule has 0 bridgehead atoms. The molecular formula is C18H13ClFNO2. The zero-order valence-electron chi connectivity index (χ0n) is 12.1. The van der Waals surface area contributed by atoms with Crippen LogP contribution in [-0.4, -0.2) is 4.57 Å². The van der Waals surface area contributed by atoms with Crippen molar-refractivity contribution in [1.82, 2.24) is 4.57 Å². The molecule has 0 atom stereocenters. The highest BCUT2D eigenvalue weighted by molar-refractivity contribution is 6.30. The third kappa shape index (κ3) is 3.99. The van der Waals surface area contributed by atoms with E-state index in [1.165, 1.54) is 30.3 Å². The first-order valence-corrected chi connectivity index (χ1v) is 7.36. The number of hydrogen-bond donors (Lipinski definition) is 0. The van der Waals surface area contributed by atoms with Crippen molar-refractivity contribution in [2.45, 2.75) is 6.54 Å². The Morgan fingerprint density at radius 1 is 0.913 bits per heavy atom. The smallest absolute Gasteiger partial charge is 0.251 e. The second-order valence-corrected chi connectivity index (χ2v) is 5.45. The van der Waals surface area contributed by atoms with Gasteiger partial charge in [-0.3, -0.25) is 4.79 Å². The number of pyridine rings is 1. The Kier molecular flexibility index (Phi) is 4.44. The molecule has 3 rings (SSSR count). The zero-order chi connectivity index (χ0) is 16.2. The highest BCUT2D eigenvalue weighted by Crippen LogP contribution is 2.20. The predicted octanol–water partition coefficient (Wildman–Crippen LogP) is 4.48. The van der Waals surface area contributed by atoms with Crippen molar-refractivity contribution >= 4 is 11.6 Å². The van der Waals surface area contributed by atoms with E-state index >= 15 is 0 Å². The third-order valence-corrected chi connectivity index (χ3v) is 3.52. The van der Waals surface area contributed by atoms with Gasteiger partial charge in [0.1, 0.15) is 17.3 Å². The summed E-state index contributed by atoms with van der Waals surface area (Å²) in [6.45, 7) is 0.413. The van der Waals surface area contributed by atoms with Gasteiger partial charge in [-0.25, -0.2) is 4.39 Å². The van der Waals surface area contributed by atoms with Crippen molar-refractivity contribution in [3.8, 4) is 11.5 Å². The van der Waals surface area contributed by atoms with Crippen LogP contribution in [0.15, 0.2) is 71.7 Å². The van der Waals surface area contributed by atoms with Crippen LogP contribution < -0.4 is 10.3 Å². The number of rotatable bonds is 4. The molecule has 0 spiro atoms. The maximum atomic E-state index is 12.9. The van der Waals surface area contributed by atoms with E-state index in [9.17, 15) is 9.18 Å². The highest BCUT2D eigenvalue weighted by atomic mass is 35.5. The Morgan fingerprint density at radius 2 is 1.57 bits per heavy atom. The van der Waals surface area contributed by atoms with Crippen LogP contribution in [0.5, 0.6) is 11.5 Å². The van der Waals surface area contributed by atoms with E-state index < -0.39 is 0 Å². The first-order valence-electron chi connectivity index (χ1n) is 6.98. The lowest BCUT2D eigenvalue weighted by Gasteiger charge is -2.10. The molecule has 116 valence electrons.